The first-order valence-corrected chi connectivity index (χ1v) is 21.5. The Bertz CT molecular complexity index is 3820. The molecule has 3 nitrogen and oxygen atoms in total. The van der Waals surface area contributed by atoms with Gasteiger partial charge in [-0.1, -0.05) is 164 Å². The van der Waals surface area contributed by atoms with Crippen LogP contribution < -0.4 is 0 Å². The topological polar surface area (TPSA) is 30.7 Å². The molecule has 0 aliphatic rings. The molecule has 274 valence electrons. The predicted octanol–water partition coefficient (Wildman–Crippen LogP) is 15.6. The maximum atomic E-state index is 5.64. The molecule has 0 saturated carbocycles. The molecule has 5 heteroatoms. The first-order chi connectivity index (χ1) is 29.3. The first-order valence-electron chi connectivity index (χ1n) is 19.9. The number of rotatable bonds is 4. The van der Waals surface area contributed by atoms with Crippen LogP contribution in [0.5, 0.6) is 0 Å². The lowest BCUT2D eigenvalue weighted by atomic mass is 9.96. The summed E-state index contributed by atoms with van der Waals surface area (Å²) < 4.78 is 7.21. The molecule has 4 heterocycles. The standard InChI is InChI=1S/C54H31N3S2/c1-4-14-32(15-5-1)36-25-28-44-42(30-36)46-39-22-12-13-23-40(39)47-43-31-37(33-16-6-2-7-17-33)26-29-45(43)58-52(47)50(46)57(44)54-55-48(35-19-8-3-9-20-35)53-49(56-54)41-27-24-34-18-10-11-21-38(34)51(41)59-53/h1-31H. The molecule has 0 amide bonds. The largest absolute Gasteiger partial charge is 0.276 e. The Morgan fingerprint density at radius 2 is 0.983 bits per heavy atom. The second-order valence-corrected chi connectivity index (χ2v) is 17.3. The highest BCUT2D eigenvalue weighted by Crippen LogP contribution is 2.50. The van der Waals surface area contributed by atoms with Crippen LogP contribution in [0.1, 0.15) is 0 Å². The molecular weight excluding hydrogens is 755 g/mol. The highest BCUT2D eigenvalue weighted by atomic mass is 32.1. The molecule has 13 aromatic rings. The van der Waals surface area contributed by atoms with Crippen molar-refractivity contribution >= 4 is 106 Å². The summed E-state index contributed by atoms with van der Waals surface area (Å²) in [6.07, 6.45) is 0. The van der Waals surface area contributed by atoms with E-state index in [1.807, 2.05) is 11.3 Å². The quantitative estimate of drug-likeness (QED) is 0.178. The molecule has 0 fully saturated rings. The van der Waals surface area contributed by atoms with Crippen molar-refractivity contribution in [3.05, 3.63) is 188 Å². The van der Waals surface area contributed by atoms with Gasteiger partial charge in [0.15, 0.2) is 0 Å². The zero-order chi connectivity index (χ0) is 38.6. The highest BCUT2D eigenvalue weighted by Gasteiger charge is 2.25. The van der Waals surface area contributed by atoms with Crippen LogP contribution in [0.15, 0.2) is 188 Å². The molecule has 0 aliphatic heterocycles. The maximum Gasteiger partial charge on any atom is 0.235 e. The summed E-state index contributed by atoms with van der Waals surface area (Å²) in [5, 5.41) is 11.1. The fourth-order valence-electron chi connectivity index (χ4n) is 9.31. The number of thiophene rings is 2. The summed E-state index contributed by atoms with van der Waals surface area (Å²) in [6, 6.07) is 68.1. The molecule has 0 spiro atoms. The Kier molecular flexibility index (Phi) is 7.05. The van der Waals surface area contributed by atoms with Crippen LogP contribution in [0.3, 0.4) is 0 Å². The van der Waals surface area contributed by atoms with Crippen LogP contribution in [0.2, 0.25) is 0 Å². The number of aromatic nitrogens is 3. The molecule has 0 unspecified atom stereocenters. The van der Waals surface area contributed by atoms with Gasteiger partial charge >= 0.3 is 0 Å². The lowest BCUT2D eigenvalue weighted by Crippen LogP contribution is -2.03. The molecular formula is C54H31N3S2. The normalized spacial score (nSPS) is 12.1. The molecule has 0 radical (unpaired) electrons. The van der Waals surface area contributed by atoms with Crippen LogP contribution in [-0.2, 0) is 0 Å². The van der Waals surface area contributed by atoms with E-state index in [2.05, 4.69) is 193 Å². The number of benzene rings is 9. The van der Waals surface area contributed by atoms with Gasteiger partial charge in [0.2, 0.25) is 5.95 Å². The Hall–Kier alpha value is -7.18. The SMILES string of the molecule is c1ccc(-c2ccc3sc4c(c3c2)c2ccccc2c2c3cc(-c5ccccc5)ccc3n(-c3nc(-c5ccccc5)c5sc6c7ccccc7ccc6c5n3)c42)cc1. The third-order valence-electron chi connectivity index (χ3n) is 12.0. The molecule has 0 N–H and O–H groups in total. The van der Waals surface area contributed by atoms with Crippen LogP contribution in [0.4, 0.5) is 0 Å². The van der Waals surface area contributed by atoms with Crippen LogP contribution in [-0.4, -0.2) is 14.5 Å². The van der Waals surface area contributed by atoms with Gasteiger partial charge in [-0.25, -0.2) is 9.97 Å². The molecule has 59 heavy (non-hydrogen) atoms. The Morgan fingerprint density at radius 3 is 1.71 bits per heavy atom. The van der Waals surface area contributed by atoms with Gasteiger partial charge in [0.1, 0.15) is 0 Å². The van der Waals surface area contributed by atoms with Crippen molar-refractivity contribution in [2.24, 2.45) is 0 Å². The van der Waals surface area contributed by atoms with E-state index in [9.17, 15) is 0 Å². The summed E-state index contributed by atoms with van der Waals surface area (Å²) in [5.41, 5.74) is 10.0. The summed E-state index contributed by atoms with van der Waals surface area (Å²) >= 11 is 3.67. The Morgan fingerprint density at radius 1 is 0.373 bits per heavy atom. The van der Waals surface area contributed by atoms with Gasteiger partial charge in [-0.3, -0.25) is 4.57 Å². The molecule has 13 rings (SSSR count). The van der Waals surface area contributed by atoms with Crippen LogP contribution >= 0.6 is 22.7 Å². The van der Waals surface area contributed by atoms with Crippen molar-refractivity contribution in [2.45, 2.75) is 0 Å². The number of fused-ring (bicyclic) bond motifs is 15. The van der Waals surface area contributed by atoms with E-state index in [1.165, 1.54) is 79.4 Å². The van der Waals surface area contributed by atoms with E-state index in [1.54, 1.807) is 11.3 Å². The zero-order valence-electron chi connectivity index (χ0n) is 31.6. The number of hydrogen-bond donors (Lipinski definition) is 0. The smallest absolute Gasteiger partial charge is 0.235 e. The van der Waals surface area contributed by atoms with E-state index in [0.717, 1.165) is 37.9 Å². The minimum Gasteiger partial charge on any atom is -0.276 e. The fourth-order valence-corrected chi connectivity index (χ4v) is 11.8. The van der Waals surface area contributed by atoms with Gasteiger partial charge in [0.25, 0.3) is 0 Å². The summed E-state index contributed by atoms with van der Waals surface area (Å²) in [6.45, 7) is 0. The summed E-state index contributed by atoms with van der Waals surface area (Å²) in [4.78, 5) is 11.3. The van der Waals surface area contributed by atoms with Gasteiger partial charge in [-0.15, -0.1) is 22.7 Å². The highest BCUT2D eigenvalue weighted by molar-refractivity contribution is 7.27. The van der Waals surface area contributed by atoms with Crippen LogP contribution in [0.25, 0.3) is 123 Å². The maximum absolute atomic E-state index is 5.64. The van der Waals surface area contributed by atoms with E-state index in [0.29, 0.717) is 5.95 Å². The molecule has 0 atom stereocenters. The average molecular weight is 786 g/mol. The lowest BCUT2D eigenvalue weighted by Gasteiger charge is -2.11. The Labute approximate surface area is 346 Å². The summed E-state index contributed by atoms with van der Waals surface area (Å²) in [5.74, 6) is 0.677. The third-order valence-corrected chi connectivity index (χ3v) is 14.4. The molecule has 0 saturated heterocycles. The van der Waals surface area contributed by atoms with Crippen molar-refractivity contribution in [3.8, 4) is 39.5 Å². The van der Waals surface area contributed by atoms with E-state index < -0.39 is 0 Å². The van der Waals surface area contributed by atoms with E-state index in [-0.39, 0.29) is 0 Å². The van der Waals surface area contributed by atoms with Crippen molar-refractivity contribution < 1.29 is 0 Å². The molecule has 4 aromatic heterocycles. The number of hydrogen-bond acceptors (Lipinski definition) is 4. The predicted molar refractivity (Wildman–Crippen MR) is 253 cm³/mol. The first kappa shape index (κ1) is 32.9. The van der Waals surface area contributed by atoms with Gasteiger partial charge in [-0.05, 0) is 68.1 Å². The minimum absolute atomic E-state index is 0.677. The van der Waals surface area contributed by atoms with Gasteiger partial charge < -0.3 is 0 Å². The van der Waals surface area contributed by atoms with Crippen LogP contribution in [0, 0.1) is 0 Å². The van der Waals surface area contributed by atoms with E-state index >= 15 is 0 Å². The monoisotopic (exact) mass is 785 g/mol. The van der Waals surface area contributed by atoms with Crippen molar-refractivity contribution in [2.75, 3.05) is 0 Å². The van der Waals surface area contributed by atoms with Crippen molar-refractivity contribution in [3.63, 3.8) is 0 Å². The number of nitrogens with zero attached hydrogens (tertiary/aromatic N) is 3. The van der Waals surface area contributed by atoms with Crippen molar-refractivity contribution in [1.29, 1.82) is 0 Å². The average Bonchev–Trinajstić information content (AvgIpc) is 3.99. The zero-order valence-corrected chi connectivity index (χ0v) is 33.2. The Balaban J connectivity index is 1.22. The van der Waals surface area contributed by atoms with Crippen molar-refractivity contribution in [1.82, 2.24) is 14.5 Å². The van der Waals surface area contributed by atoms with Gasteiger partial charge in [-0.2, -0.15) is 0 Å². The fraction of sp³-hybridized carbons (Fsp3) is 0. The molecule has 9 aromatic carbocycles. The molecule has 0 aliphatic carbocycles. The minimum atomic E-state index is 0.677. The second-order valence-electron chi connectivity index (χ2n) is 15.3. The summed E-state index contributed by atoms with van der Waals surface area (Å²) in [7, 11) is 0. The lowest BCUT2D eigenvalue weighted by molar-refractivity contribution is 1.02. The van der Waals surface area contributed by atoms with Gasteiger partial charge in [0.05, 0.1) is 31.6 Å². The molecule has 0 bridgehead atoms. The second kappa shape index (κ2) is 12.7. The van der Waals surface area contributed by atoms with Gasteiger partial charge in [0, 0.05) is 41.9 Å². The van der Waals surface area contributed by atoms with E-state index in [4.69, 9.17) is 9.97 Å². The third kappa shape index (κ3) is 4.86.